The van der Waals surface area contributed by atoms with Crippen molar-refractivity contribution in [3.05, 3.63) is 58.7 Å². The molecule has 24 heavy (non-hydrogen) atoms. The number of Topliss-reactive ketones (excluding diaryl/α,β-unsaturated/α-hetero) is 1. The molecule has 2 nitrogen and oxygen atoms in total. The molecule has 0 N–H and O–H groups in total. The molecular weight excluding hydrogens is 403 g/mol. The van der Waals surface area contributed by atoms with Gasteiger partial charge in [-0.25, -0.2) is 0 Å². The number of nitrogens with zero attached hydrogens (tertiary/aromatic N) is 1. The zero-order valence-electron chi connectivity index (χ0n) is 12.4. The number of rotatable bonds is 3. The number of carbonyl (C=O) groups excluding carboxylic acids is 1. The van der Waals surface area contributed by atoms with Crippen LogP contribution in [0.25, 0.3) is 16.5 Å². The van der Waals surface area contributed by atoms with Crippen LogP contribution < -0.4 is 0 Å². The third-order valence-electron chi connectivity index (χ3n) is 3.59. The van der Waals surface area contributed by atoms with Gasteiger partial charge in [-0.3, -0.25) is 4.79 Å². The Morgan fingerprint density at radius 3 is 2.17 bits per heavy atom. The molecule has 3 aromatic rings. The van der Waals surface area contributed by atoms with Crippen LogP contribution in [0.2, 0.25) is 0 Å². The lowest BCUT2D eigenvalue weighted by molar-refractivity contribution is -0.0888. The molecule has 0 atom stereocenters. The van der Waals surface area contributed by atoms with Crippen LogP contribution in [0.5, 0.6) is 0 Å². The molecule has 2 aromatic carbocycles. The van der Waals surface area contributed by atoms with Gasteiger partial charge in [0.1, 0.15) is 5.69 Å². The van der Waals surface area contributed by atoms with Crippen LogP contribution in [0, 0.1) is 0 Å². The third-order valence-corrected chi connectivity index (χ3v) is 4.91. The van der Waals surface area contributed by atoms with E-state index in [0.717, 1.165) is 4.47 Å². The molecule has 0 unspecified atom stereocenters. The second-order valence-corrected chi connectivity index (χ2v) is 6.75. The second kappa shape index (κ2) is 6.29. The Morgan fingerprint density at radius 1 is 1.04 bits per heavy atom. The largest absolute Gasteiger partial charge is 0.456 e. The number of aromatic nitrogens is 1. The van der Waals surface area contributed by atoms with Gasteiger partial charge in [-0.15, -0.1) is 11.8 Å². The molecular formula is C17H11BrF3NOS. The summed E-state index contributed by atoms with van der Waals surface area (Å²) in [5.41, 5.74) is 0.149. The summed E-state index contributed by atoms with van der Waals surface area (Å²) >= 11 is 4.61. The van der Waals surface area contributed by atoms with Gasteiger partial charge in [-0.05, 0) is 30.5 Å². The zero-order valence-corrected chi connectivity index (χ0v) is 14.8. The normalized spacial score (nSPS) is 11.9. The molecule has 7 heteroatoms. The molecule has 1 aromatic heterocycles. The Labute approximate surface area is 148 Å². The van der Waals surface area contributed by atoms with Crippen molar-refractivity contribution in [2.75, 3.05) is 6.26 Å². The van der Waals surface area contributed by atoms with E-state index < -0.39 is 12.0 Å². The Hall–Kier alpha value is -1.73. The van der Waals surface area contributed by atoms with Crippen LogP contribution in [0.1, 0.15) is 10.5 Å². The Bertz CT molecular complexity index is 916. The van der Waals surface area contributed by atoms with Crippen molar-refractivity contribution in [1.82, 2.24) is 4.57 Å². The molecule has 3 rings (SSSR count). The summed E-state index contributed by atoms with van der Waals surface area (Å²) in [4.78, 5) is 12.1. The number of fused-ring (bicyclic) bond motifs is 1. The summed E-state index contributed by atoms with van der Waals surface area (Å²) < 4.78 is 41.7. The van der Waals surface area contributed by atoms with E-state index in [4.69, 9.17) is 0 Å². The lowest BCUT2D eigenvalue weighted by atomic mass is 10.1. The van der Waals surface area contributed by atoms with E-state index in [1.807, 2.05) is 0 Å². The van der Waals surface area contributed by atoms with E-state index in [1.54, 1.807) is 54.8 Å². The Morgan fingerprint density at radius 2 is 1.62 bits per heavy atom. The maximum atomic E-state index is 13.2. The van der Waals surface area contributed by atoms with Crippen molar-refractivity contribution < 1.29 is 18.0 Å². The molecule has 0 radical (unpaired) electrons. The van der Waals surface area contributed by atoms with Crippen molar-refractivity contribution in [3.8, 4) is 5.69 Å². The molecule has 0 aliphatic carbocycles. The summed E-state index contributed by atoms with van der Waals surface area (Å²) in [5.74, 6) is -1.85. The summed E-state index contributed by atoms with van der Waals surface area (Å²) in [6.45, 7) is 0. The maximum absolute atomic E-state index is 13.2. The van der Waals surface area contributed by atoms with Gasteiger partial charge in [-0.2, -0.15) is 13.2 Å². The van der Waals surface area contributed by atoms with E-state index in [1.165, 1.54) is 16.3 Å². The van der Waals surface area contributed by atoms with Gasteiger partial charge in [0.25, 0.3) is 5.78 Å². The van der Waals surface area contributed by atoms with E-state index in [9.17, 15) is 18.0 Å². The minimum absolute atomic E-state index is 0.298. The van der Waals surface area contributed by atoms with Gasteiger partial charge in [-0.1, -0.05) is 40.2 Å². The lowest BCUT2D eigenvalue weighted by Gasteiger charge is -2.13. The van der Waals surface area contributed by atoms with E-state index >= 15 is 0 Å². The zero-order chi connectivity index (χ0) is 17.5. The SMILES string of the molecule is CSc1c2ccccc2c(C(=O)C(F)(F)F)n1-c1ccc(Br)cc1. The molecule has 0 bridgehead atoms. The predicted octanol–water partition coefficient (Wildman–Crippen LogP) is 5.86. The van der Waals surface area contributed by atoms with Gasteiger partial charge in [0.05, 0.1) is 5.03 Å². The van der Waals surface area contributed by atoms with Crippen LogP contribution in [-0.2, 0) is 0 Å². The highest BCUT2D eigenvalue weighted by Gasteiger charge is 2.43. The highest BCUT2D eigenvalue weighted by molar-refractivity contribution is 9.10. The summed E-state index contributed by atoms with van der Waals surface area (Å²) in [6.07, 6.45) is -3.16. The smallest absolute Gasteiger partial charge is 0.300 e. The van der Waals surface area contributed by atoms with Gasteiger partial charge in [0.15, 0.2) is 0 Å². The minimum Gasteiger partial charge on any atom is -0.300 e. The first-order valence-corrected chi connectivity index (χ1v) is 8.91. The first-order chi connectivity index (χ1) is 11.3. The number of thioether (sulfide) groups is 1. The molecule has 0 amide bonds. The molecule has 0 aliphatic rings. The summed E-state index contributed by atoms with van der Waals surface area (Å²) in [5, 5.41) is 1.52. The summed E-state index contributed by atoms with van der Waals surface area (Å²) in [7, 11) is 0. The molecule has 0 spiro atoms. The van der Waals surface area contributed by atoms with Gasteiger partial charge in [0, 0.05) is 20.9 Å². The van der Waals surface area contributed by atoms with Crippen molar-refractivity contribution in [3.63, 3.8) is 0 Å². The van der Waals surface area contributed by atoms with Crippen LogP contribution in [-0.4, -0.2) is 22.8 Å². The first kappa shape index (κ1) is 17.1. The molecule has 0 fully saturated rings. The van der Waals surface area contributed by atoms with E-state index in [0.29, 0.717) is 21.5 Å². The molecule has 0 saturated carbocycles. The van der Waals surface area contributed by atoms with Gasteiger partial charge < -0.3 is 4.57 Å². The van der Waals surface area contributed by atoms with Crippen LogP contribution in [0.15, 0.2) is 58.0 Å². The number of benzene rings is 2. The quantitative estimate of drug-likeness (QED) is 0.396. The van der Waals surface area contributed by atoms with Gasteiger partial charge in [0.2, 0.25) is 0 Å². The van der Waals surface area contributed by atoms with Crippen LogP contribution in [0.3, 0.4) is 0 Å². The topological polar surface area (TPSA) is 22.0 Å². The highest BCUT2D eigenvalue weighted by Crippen LogP contribution is 2.38. The summed E-state index contributed by atoms with van der Waals surface area (Å²) in [6, 6.07) is 13.5. The molecule has 1 heterocycles. The average Bonchev–Trinajstić information content (AvgIpc) is 2.88. The number of ketones is 1. The number of hydrogen-bond acceptors (Lipinski definition) is 2. The fourth-order valence-corrected chi connectivity index (χ4v) is 3.66. The standard InChI is InChI=1S/C17H11BrF3NOS/c1-24-16-13-5-3-2-4-12(13)14(15(23)17(19,20)21)22(16)11-8-6-10(18)7-9-11/h2-9H,1H3. The number of alkyl halides is 3. The maximum Gasteiger partial charge on any atom is 0.456 e. The third kappa shape index (κ3) is 2.86. The molecule has 124 valence electrons. The lowest BCUT2D eigenvalue weighted by Crippen LogP contribution is -2.25. The monoisotopic (exact) mass is 413 g/mol. The Balaban J connectivity index is 2.41. The van der Waals surface area contributed by atoms with Crippen molar-refractivity contribution in [2.24, 2.45) is 0 Å². The van der Waals surface area contributed by atoms with Crippen LogP contribution in [0.4, 0.5) is 13.2 Å². The highest BCUT2D eigenvalue weighted by atomic mass is 79.9. The average molecular weight is 414 g/mol. The Kier molecular flexibility index (Phi) is 4.48. The fraction of sp³-hybridized carbons (Fsp3) is 0.118. The first-order valence-electron chi connectivity index (χ1n) is 6.89. The number of halogens is 4. The molecule has 0 aliphatic heterocycles. The number of hydrogen-bond donors (Lipinski definition) is 0. The van der Waals surface area contributed by atoms with Crippen LogP contribution >= 0.6 is 27.7 Å². The minimum atomic E-state index is -4.94. The fourth-order valence-electron chi connectivity index (χ4n) is 2.61. The van der Waals surface area contributed by atoms with E-state index in [-0.39, 0.29) is 5.69 Å². The van der Waals surface area contributed by atoms with Crippen molar-refractivity contribution >= 4 is 44.2 Å². The second-order valence-electron chi connectivity index (χ2n) is 5.04. The predicted molar refractivity (Wildman–Crippen MR) is 93.1 cm³/mol. The van der Waals surface area contributed by atoms with Crippen molar-refractivity contribution in [2.45, 2.75) is 11.2 Å². The van der Waals surface area contributed by atoms with E-state index in [2.05, 4.69) is 15.9 Å². The van der Waals surface area contributed by atoms with Gasteiger partial charge >= 0.3 is 6.18 Å². The number of carbonyl (C=O) groups is 1. The van der Waals surface area contributed by atoms with Crippen molar-refractivity contribution in [1.29, 1.82) is 0 Å². The molecule has 0 saturated heterocycles.